The lowest BCUT2D eigenvalue weighted by atomic mass is 10.1. The van der Waals surface area contributed by atoms with Gasteiger partial charge in [0.15, 0.2) is 5.11 Å². The Kier molecular flexibility index (Phi) is 4.53. The van der Waals surface area contributed by atoms with Crippen molar-refractivity contribution < 1.29 is 4.79 Å². The monoisotopic (exact) mass is 339 g/mol. The number of benzene rings is 2. The van der Waals surface area contributed by atoms with Gasteiger partial charge in [-0.15, -0.1) is 0 Å². The zero-order valence-corrected chi connectivity index (χ0v) is 14.6. The molecule has 0 saturated heterocycles. The number of amides is 1. The highest BCUT2D eigenvalue weighted by molar-refractivity contribution is 7.80. The summed E-state index contributed by atoms with van der Waals surface area (Å²) in [6.45, 7) is 4.04. The molecular formula is C19H21N3OS. The minimum absolute atomic E-state index is 0.0330. The molecule has 0 aliphatic heterocycles. The van der Waals surface area contributed by atoms with E-state index >= 15 is 0 Å². The summed E-state index contributed by atoms with van der Waals surface area (Å²) in [4.78, 5) is 12.6. The number of thiocarbonyl (C=S) groups is 1. The fourth-order valence-corrected chi connectivity index (χ4v) is 3.02. The van der Waals surface area contributed by atoms with Gasteiger partial charge in [-0.3, -0.25) is 10.2 Å². The molecule has 2 unspecified atom stereocenters. The number of hydrazine groups is 1. The summed E-state index contributed by atoms with van der Waals surface area (Å²) in [7, 11) is 0. The van der Waals surface area contributed by atoms with E-state index in [0.29, 0.717) is 0 Å². The van der Waals surface area contributed by atoms with Crippen molar-refractivity contribution >= 4 is 28.9 Å². The van der Waals surface area contributed by atoms with Crippen LogP contribution in [0, 0.1) is 19.8 Å². The van der Waals surface area contributed by atoms with Gasteiger partial charge in [0.1, 0.15) is 0 Å². The van der Waals surface area contributed by atoms with Gasteiger partial charge >= 0.3 is 0 Å². The van der Waals surface area contributed by atoms with Crippen molar-refractivity contribution in [2.75, 3.05) is 5.01 Å². The van der Waals surface area contributed by atoms with Gasteiger partial charge in [-0.05, 0) is 61.7 Å². The molecule has 5 heteroatoms. The Labute approximate surface area is 147 Å². The van der Waals surface area contributed by atoms with Crippen molar-refractivity contribution in [1.82, 2.24) is 5.43 Å². The Morgan fingerprint density at radius 3 is 2.50 bits per heavy atom. The number of nitrogens with two attached hydrogens (primary N) is 1. The predicted octanol–water partition coefficient (Wildman–Crippen LogP) is 3.19. The van der Waals surface area contributed by atoms with Crippen LogP contribution in [0.2, 0.25) is 0 Å². The first-order valence-electron chi connectivity index (χ1n) is 7.99. The Balaban J connectivity index is 1.69. The zero-order chi connectivity index (χ0) is 17.3. The molecule has 3 rings (SSSR count). The maximum atomic E-state index is 12.6. The van der Waals surface area contributed by atoms with Crippen molar-refractivity contribution in [1.29, 1.82) is 0 Å². The Hall–Kier alpha value is -2.40. The molecule has 1 aliphatic rings. The standard InChI is InChI=1S/C19H21N3OS/c1-12-6-8-14(9-7-12)16-11-17(16)18(23)21-22(19(20)24)15-5-3-4-13(2)10-15/h3-10,16-17H,11H2,1-2H3,(H2,20,24)(H,21,23). The topological polar surface area (TPSA) is 58.4 Å². The average molecular weight is 339 g/mol. The SMILES string of the molecule is Cc1ccc(C2CC2C(=O)NN(C(N)=S)c2cccc(C)c2)cc1. The van der Waals surface area contributed by atoms with Crippen molar-refractivity contribution in [2.24, 2.45) is 11.7 Å². The van der Waals surface area contributed by atoms with Crippen LogP contribution in [0.25, 0.3) is 0 Å². The third-order valence-corrected chi connectivity index (χ3v) is 4.52. The number of carbonyl (C=O) groups excluding carboxylic acids is 1. The fourth-order valence-electron chi connectivity index (χ4n) is 2.87. The lowest BCUT2D eigenvalue weighted by Crippen LogP contribution is -2.49. The largest absolute Gasteiger partial charge is 0.374 e. The van der Waals surface area contributed by atoms with Crippen LogP contribution in [0.3, 0.4) is 0 Å². The van der Waals surface area contributed by atoms with Gasteiger partial charge in [0.25, 0.3) is 0 Å². The van der Waals surface area contributed by atoms with Crippen molar-refractivity contribution in [3.63, 3.8) is 0 Å². The number of nitrogens with one attached hydrogen (secondary N) is 1. The molecule has 2 aromatic rings. The zero-order valence-electron chi connectivity index (χ0n) is 13.8. The second kappa shape index (κ2) is 6.61. The number of carbonyl (C=O) groups is 1. The van der Waals surface area contributed by atoms with Crippen molar-refractivity contribution in [3.8, 4) is 0 Å². The Bertz CT molecular complexity index is 772. The van der Waals surface area contributed by atoms with E-state index in [-0.39, 0.29) is 22.9 Å². The molecule has 0 bridgehead atoms. The molecule has 0 spiro atoms. The number of nitrogens with zero attached hydrogens (tertiary/aromatic N) is 1. The molecule has 0 radical (unpaired) electrons. The van der Waals surface area contributed by atoms with Crippen LogP contribution in [0.5, 0.6) is 0 Å². The summed E-state index contributed by atoms with van der Waals surface area (Å²) in [6.07, 6.45) is 0.855. The van der Waals surface area contributed by atoms with Crippen molar-refractivity contribution in [3.05, 3.63) is 65.2 Å². The molecule has 0 aromatic heterocycles. The number of aryl methyl sites for hydroxylation is 2. The smallest absolute Gasteiger partial charge is 0.242 e. The summed E-state index contributed by atoms with van der Waals surface area (Å²) in [5.74, 6) is 0.195. The number of rotatable bonds is 3. The average Bonchev–Trinajstić information content (AvgIpc) is 3.33. The highest BCUT2D eigenvalue weighted by Crippen LogP contribution is 2.47. The summed E-state index contributed by atoms with van der Waals surface area (Å²) in [5, 5.41) is 1.61. The Morgan fingerprint density at radius 1 is 1.17 bits per heavy atom. The molecule has 3 N–H and O–H groups in total. The molecule has 24 heavy (non-hydrogen) atoms. The predicted molar refractivity (Wildman–Crippen MR) is 101 cm³/mol. The van der Waals surface area contributed by atoms with E-state index in [9.17, 15) is 4.79 Å². The molecule has 2 aromatic carbocycles. The van der Waals surface area contributed by atoms with Crippen LogP contribution in [0.1, 0.15) is 29.0 Å². The van der Waals surface area contributed by atoms with E-state index in [2.05, 4.69) is 36.6 Å². The molecule has 2 atom stereocenters. The fraction of sp³-hybridized carbons (Fsp3) is 0.263. The van der Waals surface area contributed by atoms with E-state index in [1.165, 1.54) is 16.1 Å². The van der Waals surface area contributed by atoms with Gasteiger partial charge in [-0.1, -0.05) is 42.0 Å². The van der Waals surface area contributed by atoms with Crippen LogP contribution < -0.4 is 16.2 Å². The second-order valence-corrected chi connectivity index (χ2v) is 6.77. The van der Waals surface area contributed by atoms with Gasteiger partial charge < -0.3 is 5.73 Å². The minimum atomic E-state index is -0.0464. The first kappa shape index (κ1) is 16.5. The van der Waals surface area contributed by atoms with Gasteiger partial charge in [0.05, 0.1) is 5.69 Å². The molecule has 1 aliphatic carbocycles. The highest BCUT2D eigenvalue weighted by Gasteiger charge is 2.44. The number of hydrogen-bond donors (Lipinski definition) is 2. The molecule has 4 nitrogen and oxygen atoms in total. The first-order valence-corrected chi connectivity index (χ1v) is 8.40. The third-order valence-electron chi connectivity index (χ3n) is 4.33. The quantitative estimate of drug-likeness (QED) is 0.666. The Morgan fingerprint density at radius 2 is 1.88 bits per heavy atom. The molecule has 124 valence electrons. The minimum Gasteiger partial charge on any atom is -0.374 e. The van der Waals surface area contributed by atoms with Gasteiger partial charge in [0.2, 0.25) is 5.91 Å². The van der Waals surface area contributed by atoms with Crippen LogP contribution in [0.4, 0.5) is 5.69 Å². The van der Waals surface area contributed by atoms with Crippen LogP contribution >= 0.6 is 12.2 Å². The van der Waals surface area contributed by atoms with E-state index in [1.807, 2.05) is 31.2 Å². The van der Waals surface area contributed by atoms with Crippen LogP contribution in [0.15, 0.2) is 48.5 Å². The number of anilines is 1. The molecular weight excluding hydrogens is 318 g/mol. The summed E-state index contributed by atoms with van der Waals surface area (Å²) in [6, 6.07) is 16.1. The van der Waals surface area contributed by atoms with Gasteiger partial charge in [-0.2, -0.15) is 0 Å². The van der Waals surface area contributed by atoms with E-state index in [0.717, 1.165) is 17.7 Å². The van der Waals surface area contributed by atoms with Gasteiger partial charge in [-0.25, -0.2) is 5.01 Å². The van der Waals surface area contributed by atoms with Crippen LogP contribution in [-0.2, 0) is 4.79 Å². The number of hydrogen-bond acceptors (Lipinski definition) is 2. The van der Waals surface area contributed by atoms with Crippen molar-refractivity contribution in [2.45, 2.75) is 26.2 Å². The van der Waals surface area contributed by atoms with E-state index in [4.69, 9.17) is 18.0 Å². The lowest BCUT2D eigenvalue weighted by molar-refractivity contribution is -0.122. The van der Waals surface area contributed by atoms with Gasteiger partial charge in [0, 0.05) is 5.92 Å². The summed E-state index contributed by atoms with van der Waals surface area (Å²) < 4.78 is 0. The van der Waals surface area contributed by atoms with Crippen LogP contribution in [-0.4, -0.2) is 11.0 Å². The van der Waals surface area contributed by atoms with E-state index in [1.54, 1.807) is 0 Å². The maximum Gasteiger partial charge on any atom is 0.242 e. The molecule has 1 fully saturated rings. The third kappa shape index (κ3) is 3.57. The molecule has 1 amide bonds. The normalized spacial score (nSPS) is 18.8. The molecule has 0 heterocycles. The second-order valence-electron chi connectivity index (χ2n) is 6.35. The summed E-state index contributed by atoms with van der Waals surface area (Å²) >= 11 is 5.09. The van der Waals surface area contributed by atoms with E-state index < -0.39 is 0 Å². The highest BCUT2D eigenvalue weighted by atomic mass is 32.1. The maximum absolute atomic E-state index is 12.6. The molecule has 1 saturated carbocycles. The summed E-state index contributed by atoms with van der Waals surface area (Å²) in [5.41, 5.74) is 12.9. The first-order chi connectivity index (χ1) is 11.5. The lowest BCUT2D eigenvalue weighted by Gasteiger charge is -2.23.